The summed E-state index contributed by atoms with van der Waals surface area (Å²) in [6.07, 6.45) is 3.25. The first-order valence-electron chi connectivity index (χ1n) is 10.4. The molecule has 4 N–H and O–H groups in total. The van der Waals surface area contributed by atoms with Gasteiger partial charge in [0.15, 0.2) is 5.82 Å². The Morgan fingerprint density at radius 2 is 1.59 bits per heavy atom. The number of hydrogen-bond donors (Lipinski definition) is 3. The van der Waals surface area contributed by atoms with Crippen LogP contribution in [0.15, 0.2) is 85.1 Å². The number of nitrogens with zero attached hydrogens (tertiary/aromatic N) is 2. The van der Waals surface area contributed by atoms with Crippen LogP contribution in [-0.4, -0.2) is 21.0 Å². The second-order valence-electron chi connectivity index (χ2n) is 7.55. The number of amides is 1. The highest BCUT2D eigenvalue weighted by molar-refractivity contribution is 5.92. The van der Waals surface area contributed by atoms with E-state index in [-0.39, 0.29) is 18.1 Å². The molecular formula is C26H24N4O2. The molecule has 3 aromatic carbocycles. The minimum atomic E-state index is -0.189. The number of carbonyl (C=O) groups excluding carboxylic acids is 1. The molecule has 6 nitrogen and oxygen atoms in total. The lowest BCUT2D eigenvalue weighted by Crippen LogP contribution is -2.17. The van der Waals surface area contributed by atoms with Crippen molar-refractivity contribution in [3.63, 3.8) is 0 Å². The molecule has 1 heterocycles. The molecular weight excluding hydrogens is 400 g/mol. The molecule has 1 amide bonds. The van der Waals surface area contributed by atoms with E-state index in [1.807, 2.05) is 42.5 Å². The highest BCUT2D eigenvalue weighted by Crippen LogP contribution is 2.22. The molecule has 4 rings (SSSR count). The number of aromatic nitrogens is 2. The summed E-state index contributed by atoms with van der Waals surface area (Å²) in [5, 5.41) is 12.3. The van der Waals surface area contributed by atoms with Gasteiger partial charge < -0.3 is 16.2 Å². The summed E-state index contributed by atoms with van der Waals surface area (Å²) in [5.41, 5.74) is 10.8. The number of nitrogens with one attached hydrogen (secondary N) is 1. The summed E-state index contributed by atoms with van der Waals surface area (Å²) in [5.74, 6) is 0.441. The summed E-state index contributed by atoms with van der Waals surface area (Å²) >= 11 is 0. The van der Waals surface area contributed by atoms with Gasteiger partial charge in [-0.1, -0.05) is 54.6 Å². The molecule has 160 valence electrons. The normalized spacial score (nSPS) is 10.6. The number of aryl methyl sites for hydroxylation is 2. The molecule has 0 radical (unpaired) electrons. The topological polar surface area (TPSA) is 101 Å². The lowest BCUT2D eigenvalue weighted by Gasteiger charge is -2.12. The van der Waals surface area contributed by atoms with Crippen LogP contribution in [0.25, 0.3) is 11.3 Å². The molecule has 4 aromatic rings. The van der Waals surface area contributed by atoms with Crippen LogP contribution in [0.3, 0.4) is 0 Å². The maximum Gasteiger partial charge on any atom is 0.229 e. The molecule has 0 aliphatic rings. The second-order valence-corrected chi connectivity index (χ2v) is 7.55. The number of benzene rings is 3. The SMILES string of the molecule is Nc1ccc(-c2cnc(NC(=O)Cc3ccc(O)cc3)c(CCc3ccccc3)n2)cc1. The van der Waals surface area contributed by atoms with Crippen molar-refractivity contribution >= 4 is 17.4 Å². The summed E-state index contributed by atoms with van der Waals surface area (Å²) in [6, 6.07) is 24.2. The van der Waals surface area contributed by atoms with Crippen LogP contribution < -0.4 is 11.1 Å². The van der Waals surface area contributed by atoms with Gasteiger partial charge in [0.1, 0.15) is 5.75 Å². The molecule has 0 spiro atoms. The fraction of sp³-hybridized carbons (Fsp3) is 0.115. The minimum absolute atomic E-state index is 0.168. The quantitative estimate of drug-likeness (QED) is 0.382. The van der Waals surface area contributed by atoms with E-state index in [1.165, 1.54) is 5.56 Å². The monoisotopic (exact) mass is 424 g/mol. The van der Waals surface area contributed by atoms with E-state index in [1.54, 1.807) is 30.5 Å². The zero-order valence-corrected chi connectivity index (χ0v) is 17.5. The van der Waals surface area contributed by atoms with Gasteiger partial charge in [-0.3, -0.25) is 4.79 Å². The number of aromatic hydroxyl groups is 1. The Morgan fingerprint density at radius 3 is 2.31 bits per heavy atom. The summed E-state index contributed by atoms with van der Waals surface area (Å²) in [4.78, 5) is 22.0. The van der Waals surface area contributed by atoms with Gasteiger partial charge >= 0.3 is 0 Å². The van der Waals surface area contributed by atoms with Gasteiger partial charge in [-0.25, -0.2) is 9.97 Å². The van der Waals surface area contributed by atoms with Crippen molar-refractivity contribution in [1.29, 1.82) is 0 Å². The zero-order chi connectivity index (χ0) is 22.3. The van der Waals surface area contributed by atoms with Gasteiger partial charge in [-0.15, -0.1) is 0 Å². The molecule has 0 aliphatic carbocycles. The van der Waals surface area contributed by atoms with E-state index < -0.39 is 0 Å². The molecule has 6 heteroatoms. The van der Waals surface area contributed by atoms with E-state index in [0.717, 1.165) is 28.9 Å². The first-order valence-corrected chi connectivity index (χ1v) is 10.4. The van der Waals surface area contributed by atoms with E-state index in [2.05, 4.69) is 22.4 Å². The first-order chi connectivity index (χ1) is 15.6. The lowest BCUT2D eigenvalue weighted by atomic mass is 10.1. The Labute approximate surface area is 186 Å². The molecule has 0 atom stereocenters. The van der Waals surface area contributed by atoms with Gasteiger partial charge in [0.2, 0.25) is 5.91 Å². The Balaban J connectivity index is 1.56. The van der Waals surface area contributed by atoms with Crippen LogP contribution >= 0.6 is 0 Å². The summed E-state index contributed by atoms with van der Waals surface area (Å²) < 4.78 is 0. The van der Waals surface area contributed by atoms with Crippen molar-refractivity contribution in [3.8, 4) is 17.0 Å². The first kappa shape index (κ1) is 21.1. The smallest absolute Gasteiger partial charge is 0.229 e. The lowest BCUT2D eigenvalue weighted by molar-refractivity contribution is -0.115. The number of nitrogen functional groups attached to an aromatic ring is 1. The van der Waals surface area contributed by atoms with Crippen molar-refractivity contribution in [2.75, 3.05) is 11.1 Å². The maximum absolute atomic E-state index is 12.6. The van der Waals surface area contributed by atoms with E-state index >= 15 is 0 Å². The van der Waals surface area contributed by atoms with Gasteiger partial charge in [-0.2, -0.15) is 0 Å². The van der Waals surface area contributed by atoms with Crippen LogP contribution in [0.1, 0.15) is 16.8 Å². The van der Waals surface area contributed by atoms with Crippen molar-refractivity contribution in [3.05, 3.63) is 102 Å². The third-order valence-electron chi connectivity index (χ3n) is 5.10. The van der Waals surface area contributed by atoms with Crippen molar-refractivity contribution in [2.24, 2.45) is 0 Å². The fourth-order valence-corrected chi connectivity index (χ4v) is 3.38. The minimum Gasteiger partial charge on any atom is -0.508 e. The van der Waals surface area contributed by atoms with Crippen molar-refractivity contribution in [1.82, 2.24) is 9.97 Å². The second kappa shape index (κ2) is 9.75. The van der Waals surface area contributed by atoms with Gasteiger partial charge in [0.05, 0.1) is 24.0 Å². The number of rotatable bonds is 7. The van der Waals surface area contributed by atoms with Gasteiger partial charge in [0.25, 0.3) is 0 Å². The van der Waals surface area contributed by atoms with E-state index in [4.69, 9.17) is 10.7 Å². The molecule has 0 bridgehead atoms. The summed E-state index contributed by atoms with van der Waals surface area (Å²) in [6.45, 7) is 0. The average Bonchev–Trinajstić information content (AvgIpc) is 2.81. The Morgan fingerprint density at radius 1 is 0.875 bits per heavy atom. The van der Waals surface area contributed by atoms with Crippen LogP contribution in [0.5, 0.6) is 5.75 Å². The number of carbonyl (C=O) groups is 1. The highest BCUT2D eigenvalue weighted by Gasteiger charge is 2.13. The van der Waals surface area contributed by atoms with Crippen LogP contribution in [0, 0.1) is 0 Å². The Hall–Kier alpha value is -4.19. The predicted octanol–water partition coefficient (Wildman–Crippen LogP) is 4.40. The Bertz CT molecular complexity index is 1190. The van der Waals surface area contributed by atoms with Crippen molar-refractivity contribution < 1.29 is 9.90 Å². The molecule has 0 saturated heterocycles. The van der Waals surface area contributed by atoms with Gasteiger partial charge in [-0.05, 0) is 48.2 Å². The van der Waals surface area contributed by atoms with E-state index in [0.29, 0.717) is 17.9 Å². The third kappa shape index (κ3) is 5.49. The molecule has 0 unspecified atom stereocenters. The van der Waals surface area contributed by atoms with E-state index in [9.17, 15) is 9.90 Å². The summed E-state index contributed by atoms with van der Waals surface area (Å²) in [7, 11) is 0. The maximum atomic E-state index is 12.6. The molecule has 32 heavy (non-hydrogen) atoms. The highest BCUT2D eigenvalue weighted by atomic mass is 16.3. The zero-order valence-electron chi connectivity index (χ0n) is 17.5. The average molecular weight is 425 g/mol. The van der Waals surface area contributed by atoms with Gasteiger partial charge in [0, 0.05) is 11.3 Å². The number of nitrogens with two attached hydrogens (primary N) is 1. The number of hydrogen-bond acceptors (Lipinski definition) is 5. The number of anilines is 2. The third-order valence-corrected chi connectivity index (χ3v) is 5.10. The molecule has 0 fully saturated rings. The van der Waals surface area contributed by atoms with Crippen LogP contribution in [-0.2, 0) is 24.1 Å². The fourth-order valence-electron chi connectivity index (χ4n) is 3.38. The number of phenols is 1. The number of phenolic OH excluding ortho intramolecular Hbond substituents is 1. The van der Waals surface area contributed by atoms with Crippen LogP contribution in [0.4, 0.5) is 11.5 Å². The standard InChI is InChI=1S/C26H24N4O2/c27-21-11-9-20(10-12-21)24-17-28-26(23(29-24)15-8-18-4-2-1-3-5-18)30-25(32)16-19-6-13-22(31)14-7-19/h1-7,9-14,17,31H,8,15-16,27H2,(H,28,30,32). The largest absolute Gasteiger partial charge is 0.508 e. The molecule has 0 aliphatic heterocycles. The van der Waals surface area contributed by atoms with Crippen LogP contribution in [0.2, 0.25) is 0 Å². The molecule has 1 aromatic heterocycles. The molecule has 0 saturated carbocycles. The Kier molecular flexibility index (Phi) is 6.41. The predicted molar refractivity (Wildman–Crippen MR) is 126 cm³/mol. The van der Waals surface area contributed by atoms with Crippen molar-refractivity contribution in [2.45, 2.75) is 19.3 Å².